The number of hydrogen-bond donors (Lipinski definition) is 1. The highest BCUT2D eigenvalue weighted by molar-refractivity contribution is 7.09. The van der Waals surface area contributed by atoms with Crippen molar-refractivity contribution < 1.29 is 9.32 Å². The minimum atomic E-state index is -0.388. The molecule has 6 nitrogen and oxygen atoms in total. The van der Waals surface area contributed by atoms with Crippen molar-refractivity contribution in [3.63, 3.8) is 0 Å². The Hall–Kier alpha value is -3.71. The molecule has 5 rings (SSSR count). The standard InChI is InChI=1S/C26H24N4O2S/c1-16-11-12-20(14-17(16)2)23-22(25-28-24(29-32-25)19-8-5-4-6-9-19)18(3)30(26(31)27-23)15-21-10-7-13-33-21/h4-14,23H,15H2,1-3H3,(H,27,31). The number of nitrogens with one attached hydrogen (secondary N) is 1. The van der Waals surface area contributed by atoms with Gasteiger partial charge in [-0.25, -0.2) is 4.79 Å². The van der Waals surface area contributed by atoms with Crippen LogP contribution in [0.5, 0.6) is 0 Å². The minimum Gasteiger partial charge on any atom is -0.334 e. The van der Waals surface area contributed by atoms with Crippen LogP contribution in [0.15, 0.2) is 76.3 Å². The highest BCUT2D eigenvalue weighted by Gasteiger charge is 2.36. The first-order valence-corrected chi connectivity index (χ1v) is 11.7. The second-order valence-electron chi connectivity index (χ2n) is 8.18. The fraction of sp³-hybridized carbons (Fsp3) is 0.192. The Labute approximate surface area is 196 Å². The number of thiophene rings is 1. The summed E-state index contributed by atoms with van der Waals surface area (Å²) >= 11 is 1.62. The molecule has 2 aromatic carbocycles. The maximum Gasteiger partial charge on any atom is 0.322 e. The Morgan fingerprint density at radius 3 is 2.58 bits per heavy atom. The largest absolute Gasteiger partial charge is 0.334 e. The lowest BCUT2D eigenvalue weighted by molar-refractivity contribution is 0.203. The quantitative estimate of drug-likeness (QED) is 0.393. The molecule has 1 atom stereocenters. The number of aromatic nitrogens is 2. The van der Waals surface area contributed by atoms with E-state index < -0.39 is 0 Å². The van der Waals surface area contributed by atoms with Crippen molar-refractivity contribution in [3.8, 4) is 11.4 Å². The predicted octanol–water partition coefficient (Wildman–Crippen LogP) is 6.11. The second kappa shape index (κ2) is 8.67. The van der Waals surface area contributed by atoms with Gasteiger partial charge >= 0.3 is 6.03 Å². The zero-order valence-electron chi connectivity index (χ0n) is 18.7. The third-order valence-corrected chi connectivity index (χ3v) is 6.90. The monoisotopic (exact) mass is 456 g/mol. The van der Waals surface area contributed by atoms with E-state index in [4.69, 9.17) is 9.51 Å². The van der Waals surface area contributed by atoms with Gasteiger partial charge in [0.15, 0.2) is 0 Å². The molecule has 2 aromatic heterocycles. The molecule has 0 spiro atoms. The van der Waals surface area contributed by atoms with Gasteiger partial charge in [0, 0.05) is 16.1 Å². The van der Waals surface area contributed by atoms with Crippen molar-refractivity contribution in [1.29, 1.82) is 0 Å². The summed E-state index contributed by atoms with van der Waals surface area (Å²) in [5.74, 6) is 0.928. The van der Waals surface area contributed by atoms with Crippen LogP contribution in [0.2, 0.25) is 0 Å². The Morgan fingerprint density at radius 2 is 1.85 bits per heavy atom. The summed E-state index contributed by atoms with van der Waals surface area (Å²) < 4.78 is 5.76. The molecule has 2 amide bonds. The van der Waals surface area contributed by atoms with Crippen LogP contribution in [0, 0.1) is 13.8 Å². The first kappa shape index (κ1) is 21.2. The van der Waals surface area contributed by atoms with E-state index in [9.17, 15) is 4.79 Å². The van der Waals surface area contributed by atoms with Crippen LogP contribution in [-0.4, -0.2) is 21.1 Å². The molecule has 33 heavy (non-hydrogen) atoms. The maximum atomic E-state index is 13.2. The van der Waals surface area contributed by atoms with Crippen LogP contribution in [0.25, 0.3) is 17.0 Å². The number of carbonyl (C=O) groups excluding carboxylic acids is 1. The van der Waals surface area contributed by atoms with Gasteiger partial charge in [-0.3, -0.25) is 4.90 Å². The third-order valence-electron chi connectivity index (χ3n) is 6.04. The average Bonchev–Trinajstić information content (AvgIpc) is 3.51. The van der Waals surface area contributed by atoms with E-state index in [1.165, 1.54) is 5.56 Å². The zero-order chi connectivity index (χ0) is 22.9. The average molecular weight is 457 g/mol. The molecule has 1 aliphatic rings. The van der Waals surface area contributed by atoms with Gasteiger partial charge in [-0.2, -0.15) is 4.98 Å². The lowest BCUT2D eigenvalue weighted by Gasteiger charge is -2.35. The van der Waals surface area contributed by atoms with E-state index in [1.54, 1.807) is 16.2 Å². The van der Waals surface area contributed by atoms with Crippen LogP contribution in [0.3, 0.4) is 0 Å². The zero-order valence-corrected chi connectivity index (χ0v) is 19.5. The van der Waals surface area contributed by atoms with E-state index in [-0.39, 0.29) is 12.1 Å². The van der Waals surface area contributed by atoms with Crippen molar-refractivity contribution in [2.45, 2.75) is 33.4 Å². The van der Waals surface area contributed by atoms with Gasteiger partial charge in [0.1, 0.15) is 0 Å². The summed E-state index contributed by atoms with van der Waals surface area (Å²) in [6, 6.07) is 19.4. The van der Waals surface area contributed by atoms with Crippen molar-refractivity contribution in [2.75, 3.05) is 0 Å². The Morgan fingerprint density at radius 1 is 1.03 bits per heavy atom. The normalized spacial score (nSPS) is 16.3. The second-order valence-corrected chi connectivity index (χ2v) is 9.21. The fourth-order valence-corrected chi connectivity index (χ4v) is 4.73. The number of urea groups is 1. The van der Waals surface area contributed by atoms with Gasteiger partial charge in [-0.05, 0) is 48.9 Å². The van der Waals surface area contributed by atoms with Crippen LogP contribution >= 0.6 is 11.3 Å². The van der Waals surface area contributed by atoms with E-state index in [1.807, 2.05) is 60.8 Å². The van der Waals surface area contributed by atoms with Crippen molar-refractivity contribution >= 4 is 22.9 Å². The summed E-state index contributed by atoms with van der Waals surface area (Å²) in [7, 11) is 0. The van der Waals surface area contributed by atoms with Gasteiger partial charge in [0.2, 0.25) is 5.82 Å². The van der Waals surface area contributed by atoms with Gasteiger partial charge in [0.05, 0.1) is 18.2 Å². The highest BCUT2D eigenvalue weighted by atomic mass is 32.1. The number of amides is 2. The number of nitrogens with zero attached hydrogens (tertiary/aromatic N) is 3. The highest BCUT2D eigenvalue weighted by Crippen LogP contribution is 2.38. The molecule has 1 N–H and O–H groups in total. The topological polar surface area (TPSA) is 71.3 Å². The lowest BCUT2D eigenvalue weighted by Crippen LogP contribution is -2.45. The summed E-state index contributed by atoms with van der Waals surface area (Å²) in [6.07, 6.45) is 0. The fourth-order valence-electron chi connectivity index (χ4n) is 4.04. The Bertz CT molecular complexity index is 1330. The maximum absolute atomic E-state index is 13.2. The van der Waals surface area contributed by atoms with Crippen LogP contribution in [0.1, 0.15) is 40.4 Å². The molecule has 0 saturated heterocycles. The van der Waals surface area contributed by atoms with E-state index in [0.717, 1.165) is 32.8 Å². The summed E-state index contributed by atoms with van der Waals surface area (Å²) in [5, 5.41) is 9.42. The van der Waals surface area contributed by atoms with Crippen LogP contribution < -0.4 is 5.32 Å². The van der Waals surface area contributed by atoms with Gasteiger partial charge < -0.3 is 9.84 Å². The number of allylic oxidation sites excluding steroid dienone is 1. The molecule has 0 saturated carbocycles. The molecule has 166 valence electrons. The van der Waals surface area contributed by atoms with Gasteiger partial charge in [0.25, 0.3) is 5.89 Å². The third kappa shape index (κ3) is 4.07. The van der Waals surface area contributed by atoms with E-state index in [0.29, 0.717) is 18.3 Å². The molecule has 0 radical (unpaired) electrons. The molecule has 1 aliphatic heterocycles. The molecule has 3 heterocycles. The SMILES string of the molecule is CC1=C(c2nc(-c3ccccc3)no2)C(c2ccc(C)c(C)c2)NC(=O)N1Cc1cccs1. The van der Waals surface area contributed by atoms with Crippen molar-refractivity contribution in [3.05, 3.63) is 99.2 Å². The molecule has 4 aromatic rings. The number of aryl methyl sites for hydroxylation is 2. The molecule has 0 bridgehead atoms. The summed E-state index contributed by atoms with van der Waals surface area (Å²) in [4.78, 5) is 20.7. The molecular formula is C26H24N4O2S. The summed E-state index contributed by atoms with van der Waals surface area (Å²) in [5.41, 5.74) is 5.84. The number of hydrogen-bond acceptors (Lipinski definition) is 5. The molecule has 0 fully saturated rings. The first-order chi connectivity index (χ1) is 16.0. The molecule has 7 heteroatoms. The van der Waals surface area contributed by atoms with Gasteiger partial charge in [-0.1, -0.05) is 59.8 Å². The van der Waals surface area contributed by atoms with Crippen molar-refractivity contribution in [1.82, 2.24) is 20.4 Å². The molecular weight excluding hydrogens is 432 g/mol. The smallest absolute Gasteiger partial charge is 0.322 e. The van der Waals surface area contributed by atoms with Crippen LogP contribution in [0.4, 0.5) is 4.79 Å². The predicted molar refractivity (Wildman–Crippen MR) is 129 cm³/mol. The molecule has 0 aliphatic carbocycles. The first-order valence-electron chi connectivity index (χ1n) is 10.8. The molecule has 1 unspecified atom stereocenters. The van der Waals surface area contributed by atoms with E-state index in [2.05, 4.69) is 36.5 Å². The Kier molecular flexibility index (Phi) is 5.56. The van der Waals surface area contributed by atoms with Crippen LogP contribution in [-0.2, 0) is 6.54 Å². The summed E-state index contributed by atoms with van der Waals surface area (Å²) in [6.45, 7) is 6.58. The number of rotatable bonds is 5. The van der Waals surface area contributed by atoms with Gasteiger partial charge in [-0.15, -0.1) is 11.3 Å². The Balaban J connectivity index is 1.62. The van der Waals surface area contributed by atoms with E-state index >= 15 is 0 Å². The lowest BCUT2D eigenvalue weighted by atomic mass is 9.92. The minimum absolute atomic E-state index is 0.143. The number of benzene rings is 2. The number of carbonyl (C=O) groups is 1. The van der Waals surface area contributed by atoms with Crippen molar-refractivity contribution in [2.24, 2.45) is 0 Å².